The molecule has 0 unspecified atom stereocenters. The molecule has 30 heavy (non-hydrogen) atoms. The molecular weight excluding hydrogens is 402 g/mol. The summed E-state index contributed by atoms with van der Waals surface area (Å²) in [6.45, 7) is 6.08. The van der Waals surface area contributed by atoms with E-state index in [9.17, 15) is 5.11 Å². The number of aliphatic hydroxyl groups excluding tert-OH is 1. The Kier molecular flexibility index (Phi) is 7.87. The molecule has 3 aromatic rings. The van der Waals surface area contributed by atoms with Crippen molar-refractivity contribution in [2.24, 2.45) is 0 Å². The minimum absolute atomic E-state index is 0.459. The van der Waals surface area contributed by atoms with Gasteiger partial charge in [-0.3, -0.25) is 4.90 Å². The van der Waals surface area contributed by atoms with Gasteiger partial charge in [0.1, 0.15) is 5.75 Å². The van der Waals surface area contributed by atoms with Gasteiger partial charge in [-0.1, -0.05) is 41.9 Å². The SMILES string of the molecule is COCCN(Cc1c(C)nn(-c2ccccc2)c1Oc1ccccc1Cl)C[C@@H](C)O. The fraction of sp³-hybridized carbons (Fsp3) is 0.348. The minimum Gasteiger partial charge on any atom is -0.437 e. The Morgan fingerprint density at radius 1 is 1.13 bits per heavy atom. The molecule has 1 atom stereocenters. The fourth-order valence-electron chi connectivity index (χ4n) is 3.25. The van der Waals surface area contributed by atoms with E-state index in [4.69, 9.17) is 26.2 Å². The zero-order valence-corrected chi connectivity index (χ0v) is 18.3. The number of para-hydroxylation sites is 2. The Morgan fingerprint density at radius 2 is 1.83 bits per heavy atom. The molecule has 1 aromatic heterocycles. The number of ether oxygens (including phenoxy) is 2. The first-order valence-corrected chi connectivity index (χ1v) is 10.3. The molecule has 1 N–H and O–H groups in total. The molecule has 0 saturated heterocycles. The summed E-state index contributed by atoms with van der Waals surface area (Å²) in [6.07, 6.45) is -0.459. The third-order valence-electron chi connectivity index (χ3n) is 4.70. The lowest BCUT2D eigenvalue weighted by atomic mass is 10.2. The van der Waals surface area contributed by atoms with Gasteiger partial charge in [-0.25, -0.2) is 4.68 Å². The van der Waals surface area contributed by atoms with Crippen LogP contribution in [0, 0.1) is 6.92 Å². The molecule has 3 rings (SSSR count). The molecule has 6 nitrogen and oxygen atoms in total. The average molecular weight is 430 g/mol. The van der Waals surface area contributed by atoms with E-state index in [-0.39, 0.29) is 0 Å². The summed E-state index contributed by atoms with van der Waals surface area (Å²) >= 11 is 6.36. The summed E-state index contributed by atoms with van der Waals surface area (Å²) in [7, 11) is 1.67. The third-order valence-corrected chi connectivity index (χ3v) is 5.01. The highest BCUT2D eigenvalue weighted by Gasteiger charge is 2.22. The molecule has 0 radical (unpaired) electrons. The average Bonchev–Trinajstić information content (AvgIpc) is 3.03. The Hall–Kier alpha value is -2.38. The lowest BCUT2D eigenvalue weighted by Gasteiger charge is -2.24. The van der Waals surface area contributed by atoms with Crippen LogP contribution >= 0.6 is 11.6 Å². The highest BCUT2D eigenvalue weighted by molar-refractivity contribution is 6.32. The van der Waals surface area contributed by atoms with Crippen LogP contribution in [0.5, 0.6) is 11.6 Å². The number of nitrogens with zero attached hydrogens (tertiary/aromatic N) is 3. The topological polar surface area (TPSA) is 59.8 Å². The molecule has 0 amide bonds. The van der Waals surface area contributed by atoms with E-state index in [1.807, 2.05) is 55.5 Å². The first kappa shape index (κ1) is 22.3. The van der Waals surface area contributed by atoms with E-state index in [1.165, 1.54) is 0 Å². The van der Waals surface area contributed by atoms with Crippen LogP contribution in [-0.2, 0) is 11.3 Å². The number of halogens is 1. The van der Waals surface area contributed by atoms with Gasteiger partial charge in [0, 0.05) is 26.7 Å². The number of hydrogen-bond acceptors (Lipinski definition) is 5. The van der Waals surface area contributed by atoms with Crippen LogP contribution in [0.15, 0.2) is 54.6 Å². The predicted molar refractivity (Wildman–Crippen MR) is 119 cm³/mol. The largest absolute Gasteiger partial charge is 0.437 e. The standard InChI is InChI=1S/C23H28ClN3O3/c1-17(28)15-26(13-14-29-3)16-20-18(2)25-27(19-9-5-4-6-10-19)23(20)30-22-12-8-7-11-21(22)24/h4-12,17,28H,13-16H2,1-3H3/t17-/m1/s1. The summed E-state index contributed by atoms with van der Waals surface area (Å²) in [4.78, 5) is 2.13. The maximum atomic E-state index is 9.94. The van der Waals surface area contributed by atoms with Crippen LogP contribution in [0.2, 0.25) is 5.02 Å². The fourth-order valence-corrected chi connectivity index (χ4v) is 3.43. The van der Waals surface area contributed by atoms with E-state index in [1.54, 1.807) is 24.8 Å². The van der Waals surface area contributed by atoms with Crippen LogP contribution in [0.25, 0.3) is 5.69 Å². The van der Waals surface area contributed by atoms with Gasteiger partial charge in [0.05, 0.1) is 34.7 Å². The lowest BCUT2D eigenvalue weighted by Crippen LogP contribution is -2.33. The van der Waals surface area contributed by atoms with Gasteiger partial charge >= 0.3 is 0 Å². The first-order chi connectivity index (χ1) is 14.5. The van der Waals surface area contributed by atoms with Crippen molar-refractivity contribution in [1.82, 2.24) is 14.7 Å². The highest BCUT2D eigenvalue weighted by Crippen LogP contribution is 2.34. The Balaban J connectivity index is 2.02. The second-order valence-corrected chi connectivity index (χ2v) is 7.63. The maximum absolute atomic E-state index is 9.94. The summed E-state index contributed by atoms with van der Waals surface area (Å²) in [6, 6.07) is 17.2. The third kappa shape index (κ3) is 5.61. The molecule has 2 aromatic carbocycles. The van der Waals surface area contributed by atoms with Gasteiger partial charge in [0.2, 0.25) is 5.88 Å². The summed E-state index contributed by atoms with van der Waals surface area (Å²) in [5.41, 5.74) is 2.69. The molecule has 0 bridgehead atoms. The molecule has 0 saturated carbocycles. The van der Waals surface area contributed by atoms with Gasteiger partial charge in [-0.15, -0.1) is 0 Å². The summed E-state index contributed by atoms with van der Waals surface area (Å²) in [5, 5.41) is 15.2. The number of aromatic nitrogens is 2. The maximum Gasteiger partial charge on any atom is 0.227 e. The number of rotatable bonds is 10. The number of hydrogen-bond donors (Lipinski definition) is 1. The molecule has 1 heterocycles. The van der Waals surface area contributed by atoms with Gasteiger partial charge in [-0.2, -0.15) is 5.10 Å². The monoisotopic (exact) mass is 429 g/mol. The van der Waals surface area contributed by atoms with E-state index in [2.05, 4.69) is 4.90 Å². The van der Waals surface area contributed by atoms with Crippen molar-refractivity contribution < 1.29 is 14.6 Å². The van der Waals surface area contributed by atoms with E-state index in [0.717, 1.165) is 16.9 Å². The molecule has 0 fully saturated rings. The molecule has 0 spiro atoms. The van der Waals surface area contributed by atoms with Crippen LogP contribution < -0.4 is 4.74 Å². The quantitative estimate of drug-likeness (QED) is 0.515. The van der Waals surface area contributed by atoms with Crippen molar-refractivity contribution in [3.05, 3.63) is 70.9 Å². The molecule has 0 aliphatic rings. The van der Waals surface area contributed by atoms with Crippen LogP contribution in [0.1, 0.15) is 18.2 Å². The van der Waals surface area contributed by atoms with Gasteiger partial charge in [0.25, 0.3) is 0 Å². The van der Waals surface area contributed by atoms with Crippen LogP contribution in [0.3, 0.4) is 0 Å². The number of methoxy groups -OCH3 is 1. The second kappa shape index (κ2) is 10.6. The molecular formula is C23H28ClN3O3. The van der Waals surface area contributed by atoms with Crippen LogP contribution in [0.4, 0.5) is 0 Å². The summed E-state index contributed by atoms with van der Waals surface area (Å²) < 4.78 is 13.3. The van der Waals surface area contributed by atoms with E-state index < -0.39 is 6.10 Å². The zero-order valence-electron chi connectivity index (χ0n) is 17.6. The van der Waals surface area contributed by atoms with Crippen molar-refractivity contribution in [1.29, 1.82) is 0 Å². The zero-order chi connectivity index (χ0) is 21.5. The van der Waals surface area contributed by atoms with Gasteiger partial charge < -0.3 is 14.6 Å². The Morgan fingerprint density at radius 3 is 2.50 bits per heavy atom. The van der Waals surface area contributed by atoms with Gasteiger partial charge in [-0.05, 0) is 38.1 Å². The Bertz CT molecular complexity index is 944. The van der Waals surface area contributed by atoms with Crippen molar-refractivity contribution >= 4 is 11.6 Å². The predicted octanol–water partition coefficient (Wildman–Crippen LogP) is 4.46. The smallest absolute Gasteiger partial charge is 0.227 e. The van der Waals surface area contributed by atoms with E-state index >= 15 is 0 Å². The molecule has 7 heteroatoms. The summed E-state index contributed by atoms with van der Waals surface area (Å²) in [5.74, 6) is 1.18. The molecule has 0 aliphatic carbocycles. The molecule has 160 valence electrons. The van der Waals surface area contributed by atoms with Crippen molar-refractivity contribution in [2.75, 3.05) is 26.8 Å². The number of aliphatic hydroxyl groups is 1. The second-order valence-electron chi connectivity index (χ2n) is 7.23. The van der Waals surface area contributed by atoms with Crippen LogP contribution in [-0.4, -0.2) is 52.7 Å². The first-order valence-electron chi connectivity index (χ1n) is 9.95. The normalized spacial score (nSPS) is 12.3. The number of benzene rings is 2. The van der Waals surface area contributed by atoms with E-state index in [0.29, 0.717) is 42.9 Å². The minimum atomic E-state index is -0.459. The van der Waals surface area contributed by atoms with Crippen molar-refractivity contribution in [3.63, 3.8) is 0 Å². The highest BCUT2D eigenvalue weighted by atomic mass is 35.5. The lowest BCUT2D eigenvalue weighted by molar-refractivity contribution is 0.0934. The Labute approximate surface area is 182 Å². The number of aryl methyl sites for hydroxylation is 1. The van der Waals surface area contributed by atoms with Crippen molar-refractivity contribution in [3.8, 4) is 17.3 Å². The molecule has 0 aliphatic heterocycles. The van der Waals surface area contributed by atoms with Gasteiger partial charge in [0.15, 0.2) is 0 Å². The van der Waals surface area contributed by atoms with Crippen molar-refractivity contribution in [2.45, 2.75) is 26.5 Å².